The molecule has 0 heterocycles. The fraction of sp³-hybridized carbons (Fsp3) is 0.364. The molecule has 1 amide bonds. The summed E-state index contributed by atoms with van der Waals surface area (Å²) in [5, 5.41) is 2.87. The van der Waals surface area contributed by atoms with Gasteiger partial charge in [0.1, 0.15) is 0 Å². The van der Waals surface area contributed by atoms with Gasteiger partial charge in [-0.3, -0.25) is 0 Å². The summed E-state index contributed by atoms with van der Waals surface area (Å²) in [5.41, 5.74) is 0.701. The van der Waals surface area contributed by atoms with Crippen LogP contribution in [0.15, 0.2) is 18.2 Å². The molecule has 0 aromatic heterocycles. The Kier molecular flexibility index (Phi) is 4.21. The van der Waals surface area contributed by atoms with Gasteiger partial charge in [0.05, 0.1) is 0 Å². The summed E-state index contributed by atoms with van der Waals surface area (Å²) >= 11 is 1.51. The van der Waals surface area contributed by atoms with Gasteiger partial charge in [0.15, 0.2) is 0 Å². The molecule has 0 aliphatic heterocycles. The maximum absolute atomic E-state index is 11.6. The third-order valence-electron chi connectivity index (χ3n) is 1.74. The number of carbonyl (C=O) groups is 1. The zero-order valence-electron chi connectivity index (χ0n) is 8.50. The summed E-state index contributed by atoms with van der Waals surface area (Å²) in [5.74, 6) is 0.478. The number of amides is 1. The van der Waals surface area contributed by atoms with Crippen LogP contribution in [0.25, 0.3) is 0 Å². The average molecular weight is 252 g/mol. The Labute approximate surface area is 93.6 Å². The first-order valence-electron chi connectivity index (χ1n) is 4.64. The van der Waals surface area contributed by atoms with Gasteiger partial charge >= 0.3 is 93.4 Å². The minimum atomic E-state index is -0.00514. The number of hydrogen-bond acceptors (Lipinski definition) is 1. The van der Waals surface area contributed by atoms with E-state index in [0.717, 1.165) is 10.9 Å². The van der Waals surface area contributed by atoms with E-state index in [1.54, 1.807) is 6.07 Å². The Bertz CT molecular complexity index is 323. The van der Waals surface area contributed by atoms with Gasteiger partial charge in [-0.15, -0.1) is 0 Å². The van der Waals surface area contributed by atoms with Gasteiger partial charge in [-0.2, -0.15) is 0 Å². The molecule has 1 aromatic rings. The molecule has 1 aromatic carbocycles. The molecular formula is C11H15AsNO. The molecule has 1 N–H and O–H groups in total. The third-order valence-corrected chi connectivity index (χ3v) is 2.44. The number of nitrogens with one attached hydrogen (secondary N) is 1. The van der Waals surface area contributed by atoms with Gasteiger partial charge in [0, 0.05) is 0 Å². The Balaban J connectivity index is 2.61. The van der Waals surface area contributed by atoms with E-state index < -0.39 is 0 Å². The summed E-state index contributed by atoms with van der Waals surface area (Å²) in [7, 11) is 0. The molecule has 1 rings (SSSR count). The van der Waals surface area contributed by atoms with E-state index in [4.69, 9.17) is 0 Å². The van der Waals surface area contributed by atoms with Crippen LogP contribution in [0.3, 0.4) is 0 Å². The first-order chi connectivity index (χ1) is 6.59. The van der Waals surface area contributed by atoms with Gasteiger partial charge in [0.25, 0.3) is 0 Å². The fourth-order valence-corrected chi connectivity index (χ4v) is 1.60. The van der Waals surface area contributed by atoms with E-state index in [9.17, 15) is 4.79 Å². The molecular weight excluding hydrogens is 237 g/mol. The molecule has 14 heavy (non-hydrogen) atoms. The summed E-state index contributed by atoms with van der Waals surface area (Å²) in [6.07, 6.45) is 0. The van der Waals surface area contributed by atoms with Crippen LogP contribution in [-0.4, -0.2) is 29.3 Å². The van der Waals surface area contributed by atoms with Gasteiger partial charge in [0.2, 0.25) is 0 Å². The van der Waals surface area contributed by atoms with E-state index in [-0.39, 0.29) is 5.91 Å². The van der Waals surface area contributed by atoms with Crippen LogP contribution in [0.4, 0.5) is 0 Å². The monoisotopic (exact) mass is 252 g/mol. The second kappa shape index (κ2) is 5.21. The van der Waals surface area contributed by atoms with Crippen molar-refractivity contribution in [2.24, 2.45) is 5.92 Å². The van der Waals surface area contributed by atoms with Gasteiger partial charge in [-0.25, -0.2) is 0 Å². The Hall–Kier alpha value is -0.752. The van der Waals surface area contributed by atoms with Crippen molar-refractivity contribution in [1.82, 2.24) is 5.32 Å². The molecule has 1 unspecified atom stereocenters. The summed E-state index contributed by atoms with van der Waals surface area (Å²) in [6, 6.07) is 8.46. The Morgan fingerprint density at radius 3 is 2.86 bits per heavy atom. The molecule has 0 aliphatic rings. The quantitative estimate of drug-likeness (QED) is 0.761. The van der Waals surface area contributed by atoms with E-state index >= 15 is 0 Å². The molecule has 0 spiro atoms. The van der Waals surface area contributed by atoms with Crippen LogP contribution in [-0.2, 0) is 0 Å². The third kappa shape index (κ3) is 3.55. The Morgan fingerprint density at radius 1 is 1.57 bits per heavy atom. The fourth-order valence-electron chi connectivity index (χ4n) is 1.02. The van der Waals surface area contributed by atoms with E-state index in [2.05, 4.69) is 25.2 Å². The number of hydrogen-bond donors (Lipinski definition) is 1. The molecule has 1 atom stereocenters. The van der Waals surface area contributed by atoms with Gasteiger partial charge in [-0.1, -0.05) is 0 Å². The van der Waals surface area contributed by atoms with Crippen LogP contribution in [0.2, 0.25) is 0 Å². The second-order valence-electron chi connectivity index (χ2n) is 3.66. The van der Waals surface area contributed by atoms with E-state index in [0.29, 0.717) is 11.5 Å². The van der Waals surface area contributed by atoms with Gasteiger partial charge < -0.3 is 0 Å². The maximum atomic E-state index is 11.6. The molecule has 0 saturated carbocycles. The first kappa shape index (κ1) is 11.3. The topological polar surface area (TPSA) is 29.1 Å². The van der Waals surface area contributed by atoms with Crippen molar-refractivity contribution in [3.8, 4) is 0 Å². The van der Waals surface area contributed by atoms with Crippen molar-refractivity contribution >= 4 is 27.1 Å². The van der Waals surface area contributed by atoms with Crippen LogP contribution in [0, 0.1) is 12.0 Å². The summed E-state index contributed by atoms with van der Waals surface area (Å²) in [6.45, 7) is 4.87. The normalized spacial score (nSPS) is 10.3. The molecule has 2 nitrogen and oxygen atoms in total. The van der Waals surface area contributed by atoms with Crippen molar-refractivity contribution in [2.45, 2.75) is 13.8 Å². The Morgan fingerprint density at radius 2 is 2.29 bits per heavy atom. The average Bonchev–Trinajstić information content (AvgIpc) is 2.14. The molecule has 0 saturated heterocycles. The van der Waals surface area contributed by atoms with Crippen molar-refractivity contribution in [2.75, 3.05) is 6.54 Å². The predicted octanol–water partition coefficient (Wildman–Crippen LogP) is 0.131. The van der Waals surface area contributed by atoms with E-state index in [1.165, 1.54) is 16.9 Å². The molecule has 75 valence electrons. The summed E-state index contributed by atoms with van der Waals surface area (Å²) in [4.78, 5) is 11.6. The van der Waals surface area contributed by atoms with Crippen molar-refractivity contribution in [3.05, 3.63) is 29.8 Å². The van der Waals surface area contributed by atoms with Crippen molar-refractivity contribution in [3.63, 3.8) is 0 Å². The standard InChI is InChI=1S/C11H15AsNO/c1-8(2)7-13-11(14)9-4-3-5-10(12)6-9/h4-6,8H,7,12H2,1-2H3,(H,13,14). The number of carbonyl (C=O) groups excluding carboxylic acids is 1. The number of rotatable bonds is 3. The van der Waals surface area contributed by atoms with Crippen molar-refractivity contribution < 1.29 is 4.79 Å². The second-order valence-corrected chi connectivity index (χ2v) is 5.06. The van der Waals surface area contributed by atoms with Crippen LogP contribution in [0.1, 0.15) is 24.2 Å². The van der Waals surface area contributed by atoms with E-state index in [1.807, 2.05) is 12.1 Å². The van der Waals surface area contributed by atoms with Crippen LogP contribution < -0.4 is 9.67 Å². The van der Waals surface area contributed by atoms with Crippen LogP contribution in [0.5, 0.6) is 0 Å². The zero-order valence-corrected chi connectivity index (χ0v) is 10.9. The molecule has 0 fully saturated rings. The number of benzene rings is 1. The molecule has 1 radical (unpaired) electrons. The zero-order chi connectivity index (χ0) is 10.6. The van der Waals surface area contributed by atoms with Crippen molar-refractivity contribution in [1.29, 1.82) is 0 Å². The molecule has 0 bridgehead atoms. The summed E-state index contributed by atoms with van der Waals surface area (Å²) < 4.78 is 1.12. The predicted molar refractivity (Wildman–Crippen MR) is 60.6 cm³/mol. The molecule has 3 heteroatoms. The minimum absolute atomic E-state index is 0.00514. The SMILES string of the molecule is CC(C)CNC(=O)c1c[c]cc([AsH2])c1. The van der Waals surface area contributed by atoms with Crippen LogP contribution >= 0.6 is 0 Å². The molecule has 0 aliphatic carbocycles. The van der Waals surface area contributed by atoms with Gasteiger partial charge in [-0.05, 0) is 0 Å². The first-order valence-corrected chi connectivity index (χ1v) is 5.85.